The van der Waals surface area contributed by atoms with Crippen LogP contribution in [0.2, 0.25) is 0 Å². The largest absolute Gasteiger partial charge is 0.496 e. The summed E-state index contributed by atoms with van der Waals surface area (Å²) in [6.45, 7) is 2.51. The zero-order chi connectivity index (χ0) is 20.6. The molecule has 1 atom stereocenters. The third-order valence-corrected chi connectivity index (χ3v) is 4.76. The van der Waals surface area contributed by atoms with E-state index < -0.39 is 29.1 Å². The van der Waals surface area contributed by atoms with Crippen molar-refractivity contribution in [3.63, 3.8) is 0 Å². The fraction of sp³-hybridized carbons (Fsp3) is 0.250. The minimum atomic E-state index is -1.76. The molecule has 0 radical (unpaired) electrons. The number of methoxy groups -OCH3 is 1. The third-order valence-electron chi connectivity index (χ3n) is 4.76. The van der Waals surface area contributed by atoms with Crippen molar-refractivity contribution in [1.29, 1.82) is 0 Å². The number of hydrogen-bond donors (Lipinski definition) is 1. The number of rotatable bonds is 5. The number of Topliss-reactive ketones (excluding diaryl/α,β-unsaturated/α-hetero) is 1. The minimum Gasteiger partial charge on any atom is -0.496 e. The highest BCUT2D eigenvalue weighted by atomic mass is 19.1. The van der Waals surface area contributed by atoms with Crippen LogP contribution in [0.3, 0.4) is 0 Å². The maximum Gasteiger partial charge on any atom is 0.325 e. The van der Waals surface area contributed by atoms with Crippen LogP contribution in [0.5, 0.6) is 5.75 Å². The molecule has 6 nitrogen and oxygen atoms in total. The first kappa shape index (κ1) is 19.5. The summed E-state index contributed by atoms with van der Waals surface area (Å²) in [5.74, 6) is -2.08. The maximum absolute atomic E-state index is 14.2. The molecule has 0 aromatic heterocycles. The molecule has 8 heteroatoms. The number of nitrogens with one attached hydrogen (secondary N) is 1. The molecule has 1 heterocycles. The van der Waals surface area contributed by atoms with Crippen LogP contribution in [0, 0.1) is 11.6 Å². The first-order valence-corrected chi connectivity index (χ1v) is 8.45. The molecule has 0 bridgehead atoms. The van der Waals surface area contributed by atoms with Crippen molar-refractivity contribution in [3.05, 3.63) is 64.7 Å². The van der Waals surface area contributed by atoms with Gasteiger partial charge in [0.2, 0.25) is 0 Å². The molecule has 0 saturated carbocycles. The van der Waals surface area contributed by atoms with E-state index in [4.69, 9.17) is 4.74 Å². The predicted octanol–water partition coefficient (Wildman–Crippen LogP) is 3.14. The molecule has 28 heavy (non-hydrogen) atoms. The summed E-state index contributed by atoms with van der Waals surface area (Å²) in [4.78, 5) is 38.0. The van der Waals surface area contributed by atoms with Gasteiger partial charge in [0.1, 0.15) is 22.9 Å². The van der Waals surface area contributed by atoms with E-state index in [-0.39, 0.29) is 17.9 Å². The molecule has 2 aromatic carbocycles. The number of halogens is 2. The van der Waals surface area contributed by atoms with Gasteiger partial charge in [-0.2, -0.15) is 0 Å². The van der Waals surface area contributed by atoms with Crippen LogP contribution in [-0.2, 0) is 16.9 Å². The monoisotopic (exact) mass is 388 g/mol. The fourth-order valence-electron chi connectivity index (χ4n) is 3.20. The fourth-order valence-corrected chi connectivity index (χ4v) is 3.20. The van der Waals surface area contributed by atoms with E-state index in [1.165, 1.54) is 27.0 Å². The number of urea groups is 1. The van der Waals surface area contributed by atoms with Gasteiger partial charge in [0.15, 0.2) is 5.78 Å². The third kappa shape index (κ3) is 3.21. The van der Waals surface area contributed by atoms with Crippen LogP contribution in [0.15, 0.2) is 36.4 Å². The van der Waals surface area contributed by atoms with Crippen molar-refractivity contribution in [2.24, 2.45) is 0 Å². The lowest BCUT2D eigenvalue weighted by molar-refractivity contribution is -0.131. The highest BCUT2D eigenvalue weighted by Gasteiger charge is 2.50. The minimum absolute atomic E-state index is 0.187. The quantitative estimate of drug-likeness (QED) is 0.631. The Hall–Kier alpha value is -3.29. The summed E-state index contributed by atoms with van der Waals surface area (Å²) in [6, 6.07) is 6.62. The molecule has 1 N–H and O–H groups in total. The summed E-state index contributed by atoms with van der Waals surface area (Å²) >= 11 is 0. The highest BCUT2D eigenvalue weighted by Crippen LogP contribution is 2.33. The van der Waals surface area contributed by atoms with Gasteiger partial charge in [0, 0.05) is 16.7 Å². The van der Waals surface area contributed by atoms with Crippen LogP contribution in [-0.4, -0.2) is 29.7 Å². The van der Waals surface area contributed by atoms with Crippen LogP contribution >= 0.6 is 0 Å². The number of amides is 3. The standard InChI is InChI=1S/C20H18F2N2O4/c1-11(25)12-4-7-17(28-3)13(8-12)10-24-18(26)20(2,23-19(24)27)15-9-14(21)5-6-16(15)22/h4-9H,10H2,1-3H3,(H,23,27)/t20-/m0/s1. The lowest BCUT2D eigenvalue weighted by Crippen LogP contribution is -2.41. The van der Waals surface area contributed by atoms with E-state index in [0.717, 1.165) is 23.1 Å². The smallest absolute Gasteiger partial charge is 0.325 e. The number of ketones is 1. The average molecular weight is 388 g/mol. The maximum atomic E-state index is 14.2. The van der Waals surface area contributed by atoms with E-state index >= 15 is 0 Å². The van der Waals surface area contributed by atoms with Crippen LogP contribution in [0.4, 0.5) is 13.6 Å². The summed E-state index contributed by atoms with van der Waals surface area (Å²) in [6.07, 6.45) is 0. The van der Waals surface area contributed by atoms with Crippen LogP contribution in [0.25, 0.3) is 0 Å². The molecule has 1 aliphatic heterocycles. The second-order valence-electron chi connectivity index (χ2n) is 6.65. The first-order valence-electron chi connectivity index (χ1n) is 8.45. The molecule has 146 valence electrons. The Labute approximate surface area is 160 Å². The molecule has 1 aliphatic rings. The van der Waals surface area contributed by atoms with Gasteiger partial charge in [-0.05, 0) is 50.2 Å². The Morgan fingerprint density at radius 3 is 2.54 bits per heavy atom. The number of carbonyl (C=O) groups excluding carboxylic acids is 3. The number of ether oxygens (including phenoxy) is 1. The van der Waals surface area contributed by atoms with Crippen molar-refractivity contribution in [3.8, 4) is 5.75 Å². The Bertz CT molecular complexity index is 992. The lowest BCUT2D eigenvalue weighted by atomic mass is 9.91. The van der Waals surface area contributed by atoms with Gasteiger partial charge in [-0.3, -0.25) is 14.5 Å². The topological polar surface area (TPSA) is 75.7 Å². The highest BCUT2D eigenvalue weighted by molar-refractivity contribution is 6.07. The second-order valence-corrected chi connectivity index (χ2v) is 6.65. The number of hydrogen-bond acceptors (Lipinski definition) is 4. The lowest BCUT2D eigenvalue weighted by Gasteiger charge is -2.23. The van der Waals surface area contributed by atoms with Gasteiger partial charge >= 0.3 is 6.03 Å². The molecule has 3 amide bonds. The van der Waals surface area contributed by atoms with E-state index in [9.17, 15) is 23.2 Å². The van der Waals surface area contributed by atoms with Gasteiger partial charge in [0.05, 0.1) is 13.7 Å². The summed E-state index contributed by atoms with van der Waals surface area (Å²) in [7, 11) is 1.42. The van der Waals surface area contributed by atoms with Crippen LogP contribution < -0.4 is 10.1 Å². The molecule has 0 unspecified atom stereocenters. The zero-order valence-corrected chi connectivity index (χ0v) is 15.5. The normalized spacial score (nSPS) is 19.0. The summed E-state index contributed by atoms with van der Waals surface area (Å²) in [5.41, 5.74) is -1.20. The zero-order valence-electron chi connectivity index (χ0n) is 15.5. The van der Waals surface area contributed by atoms with Gasteiger partial charge < -0.3 is 10.1 Å². The number of nitrogens with zero attached hydrogens (tertiary/aromatic N) is 1. The SMILES string of the molecule is COc1ccc(C(C)=O)cc1CN1C(=O)N[C@@](C)(c2cc(F)ccc2F)C1=O. The number of imide groups is 1. The Balaban J connectivity index is 1.98. The molecule has 0 aliphatic carbocycles. The Kier molecular flexibility index (Phi) is 4.89. The average Bonchev–Trinajstić information content (AvgIpc) is 2.87. The summed E-state index contributed by atoms with van der Waals surface area (Å²) < 4.78 is 33.1. The van der Waals surface area contributed by atoms with Crippen molar-refractivity contribution >= 4 is 17.7 Å². The van der Waals surface area contributed by atoms with Crippen molar-refractivity contribution in [2.45, 2.75) is 25.9 Å². The number of carbonyl (C=O) groups is 3. The van der Waals surface area contributed by atoms with Crippen molar-refractivity contribution in [2.75, 3.05) is 7.11 Å². The van der Waals surface area contributed by atoms with E-state index in [0.29, 0.717) is 16.9 Å². The second kappa shape index (κ2) is 7.03. The first-order chi connectivity index (χ1) is 13.2. The molecule has 1 saturated heterocycles. The van der Waals surface area contributed by atoms with Gasteiger partial charge in [-0.1, -0.05) is 0 Å². The van der Waals surface area contributed by atoms with E-state index in [2.05, 4.69) is 5.32 Å². The molecule has 2 aromatic rings. The molecule has 1 fully saturated rings. The summed E-state index contributed by atoms with van der Waals surface area (Å²) in [5, 5.41) is 2.43. The van der Waals surface area contributed by atoms with E-state index in [1.54, 1.807) is 12.1 Å². The van der Waals surface area contributed by atoms with Crippen LogP contribution in [0.1, 0.15) is 35.3 Å². The Morgan fingerprint density at radius 2 is 1.89 bits per heavy atom. The van der Waals surface area contributed by atoms with Crippen molar-refractivity contribution in [1.82, 2.24) is 10.2 Å². The van der Waals surface area contributed by atoms with Gasteiger partial charge in [0.25, 0.3) is 5.91 Å². The van der Waals surface area contributed by atoms with Gasteiger partial charge in [-0.25, -0.2) is 13.6 Å². The number of benzene rings is 2. The van der Waals surface area contributed by atoms with E-state index in [1.807, 2.05) is 0 Å². The molecular weight excluding hydrogens is 370 g/mol. The van der Waals surface area contributed by atoms with Gasteiger partial charge in [-0.15, -0.1) is 0 Å². The molecule has 0 spiro atoms. The van der Waals surface area contributed by atoms with Crippen molar-refractivity contribution < 1.29 is 27.9 Å². The Morgan fingerprint density at radius 1 is 1.18 bits per heavy atom. The predicted molar refractivity (Wildman–Crippen MR) is 95.8 cm³/mol. The molecule has 3 rings (SSSR count). The molecular formula is C20H18F2N2O4.